The number of benzene rings is 1. The van der Waals surface area contributed by atoms with Crippen molar-refractivity contribution >= 4 is 11.9 Å². The topological polar surface area (TPSA) is 57.2 Å². The van der Waals surface area contributed by atoms with Crippen LogP contribution in [0.1, 0.15) is 30.7 Å². The van der Waals surface area contributed by atoms with E-state index in [0.717, 1.165) is 12.8 Å². The second kappa shape index (κ2) is 8.03. The number of piperazine rings is 1. The first kappa shape index (κ1) is 19.1. The number of guanidine groups is 1. The van der Waals surface area contributed by atoms with Crippen molar-refractivity contribution < 1.29 is 18.3 Å². The van der Waals surface area contributed by atoms with E-state index in [9.17, 15) is 13.6 Å². The average molecular weight is 392 g/mol. The highest BCUT2D eigenvalue weighted by molar-refractivity contribution is 5.83. The molecule has 4 rings (SSSR count). The molecule has 1 N–H and O–H groups in total. The molecule has 2 aliphatic heterocycles. The predicted octanol–water partition coefficient (Wildman–Crippen LogP) is 1.72. The summed E-state index contributed by atoms with van der Waals surface area (Å²) < 4.78 is 33.5. The fraction of sp³-hybridized carbons (Fsp3) is 0.600. The van der Waals surface area contributed by atoms with E-state index in [1.165, 1.54) is 18.2 Å². The van der Waals surface area contributed by atoms with Gasteiger partial charge in [-0.1, -0.05) is 6.07 Å². The summed E-state index contributed by atoms with van der Waals surface area (Å²) >= 11 is 0. The minimum absolute atomic E-state index is 0.0309. The molecule has 2 saturated heterocycles. The first-order valence-electron chi connectivity index (χ1n) is 9.91. The lowest BCUT2D eigenvalue weighted by molar-refractivity contribution is -0.142. The van der Waals surface area contributed by atoms with Crippen molar-refractivity contribution in [3.05, 3.63) is 35.4 Å². The fourth-order valence-electron chi connectivity index (χ4n) is 4.12. The van der Waals surface area contributed by atoms with Crippen molar-refractivity contribution in [3.63, 3.8) is 0 Å². The second-order valence-electron chi connectivity index (χ2n) is 7.59. The molecule has 1 amide bonds. The average Bonchev–Trinajstić information content (AvgIpc) is 3.22. The van der Waals surface area contributed by atoms with Gasteiger partial charge in [-0.05, 0) is 31.4 Å². The first-order valence-corrected chi connectivity index (χ1v) is 9.91. The Morgan fingerprint density at radius 2 is 1.86 bits per heavy atom. The van der Waals surface area contributed by atoms with Crippen LogP contribution in [0, 0.1) is 11.6 Å². The van der Waals surface area contributed by atoms with Crippen LogP contribution in [0.2, 0.25) is 0 Å². The van der Waals surface area contributed by atoms with Crippen molar-refractivity contribution in [2.75, 3.05) is 39.8 Å². The van der Waals surface area contributed by atoms with Crippen LogP contribution in [0.15, 0.2) is 23.2 Å². The lowest BCUT2D eigenvalue weighted by Gasteiger charge is -2.37. The predicted molar refractivity (Wildman–Crippen MR) is 101 cm³/mol. The maximum absolute atomic E-state index is 14.0. The Morgan fingerprint density at radius 1 is 1.18 bits per heavy atom. The SMILES string of the molecule is CN=C(NC1CC1c1c(F)cccc1F)N1CCN(C(=O)C2CCCO2)CC1. The highest BCUT2D eigenvalue weighted by Crippen LogP contribution is 2.43. The molecule has 152 valence electrons. The second-order valence-corrected chi connectivity index (χ2v) is 7.59. The highest BCUT2D eigenvalue weighted by Gasteiger charge is 2.43. The van der Waals surface area contributed by atoms with Crippen LogP contribution in [0.3, 0.4) is 0 Å². The van der Waals surface area contributed by atoms with Crippen LogP contribution in [0.5, 0.6) is 0 Å². The summed E-state index contributed by atoms with van der Waals surface area (Å²) in [5.74, 6) is -0.373. The molecule has 0 radical (unpaired) electrons. The van der Waals surface area contributed by atoms with Crippen LogP contribution in [0.25, 0.3) is 0 Å². The van der Waals surface area contributed by atoms with Crippen molar-refractivity contribution in [2.24, 2.45) is 4.99 Å². The molecule has 1 aromatic rings. The summed E-state index contributed by atoms with van der Waals surface area (Å²) in [6.45, 7) is 3.25. The Bertz CT molecular complexity index is 738. The largest absolute Gasteiger partial charge is 0.368 e. The maximum atomic E-state index is 14.0. The van der Waals surface area contributed by atoms with Crippen LogP contribution < -0.4 is 5.32 Å². The van der Waals surface area contributed by atoms with Gasteiger partial charge in [-0.3, -0.25) is 9.79 Å². The van der Waals surface area contributed by atoms with Gasteiger partial charge in [-0.15, -0.1) is 0 Å². The third-order valence-corrected chi connectivity index (χ3v) is 5.78. The first-order chi connectivity index (χ1) is 13.6. The minimum atomic E-state index is -0.495. The number of carbonyl (C=O) groups excluding carboxylic acids is 1. The van der Waals surface area contributed by atoms with E-state index in [1.807, 2.05) is 4.90 Å². The zero-order valence-electron chi connectivity index (χ0n) is 16.0. The van der Waals surface area contributed by atoms with E-state index in [0.29, 0.717) is 45.2 Å². The molecule has 0 bridgehead atoms. The number of nitrogens with zero attached hydrogens (tertiary/aromatic N) is 3. The molecule has 3 aliphatic rings. The number of carbonyl (C=O) groups is 1. The fourth-order valence-corrected chi connectivity index (χ4v) is 4.12. The third-order valence-electron chi connectivity index (χ3n) is 5.78. The summed E-state index contributed by atoms with van der Waals surface area (Å²) in [6, 6.07) is 3.95. The Labute approximate surface area is 163 Å². The van der Waals surface area contributed by atoms with Crippen LogP contribution in [0.4, 0.5) is 8.78 Å². The minimum Gasteiger partial charge on any atom is -0.368 e. The Morgan fingerprint density at radius 3 is 2.46 bits per heavy atom. The summed E-state index contributed by atoms with van der Waals surface area (Å²) in [7, 11) is 1.70. The van der Waals surface area contributed by atoms with Crippen molar-refractivity contribution in [1.82, 2.24) is 15.1 Å². The molecule has 3 unspecified atom stereocenters. The van der Waals surface area contributed by atoms with E-state index in [4.69, 9.17) is 4.74 Å². The monoisotopic (exact) mass is 392 g/mol. The van der Waals surface area contributed by atoms with Gasteiger partial charge in [0, 0.05) is 57.4 Å². The molecule has 3 fully saturated rings. The number of rotatable bonds is 3. The van der Waals surface area contributed by atoms with Gasteiger partial charge in [0.05, 0.1) is 0 Å². The molecule has 8 heteroatoms. The molecule has 6 nitrogen and oxygen atoms in total. The number of aliphatic imine (C=N–C) groups is 1. The summed E-state index contributed by atoms with van der Waals surface area (Å²) in [6.07, 6.45) is 2.14. The highest BCUT2D eigenvalue weighted by atomic mass is 19.1. The van der Waals surface area contributed by atoms with Gasteiger partial charge in [0.2, 0.25) is 0 Å². The number of ether oxygens (including phenoxy) is 1. The van der Waals surface area contributed by atoms with E-state index in [2.05, 4.69) is 15.2 Å². The molecule has 2 heterocycles. The van der Waals surface area contributed by atoms with E-state index >= 15 is 0 Å². The van der Waals surface area contributed by atoms with Crippen LogP contribution in [-0.2, 0) is 9.53 Å². The molecule has 1 saturated carbocycles. The van der Waals surface area contributed by atoms with E-state index in [-0.39, 0.29) is 29.5 Å². The quantitative estimate of drug-likeness (QED) is 0.629. The Hall–Kier alpha value is -2.22. The van der Waals surface area contributed by atoms with Gasteiger partial charge in [-0.2, -0.15) is 0 Å². The summed E-state index contributed by atoms with van der Waals surface area (Å²) in [4.78, 5) is 20.7. The van der Waals surface area contributed by atoms with E-state index < -0.39 is 11.6 Å². The summed E-state index contributed by atoms with van der Waals surface area (Å²) in [5.41, 5.74) is 0.155. The third kappa shape index (κ3) is 3.83. The number of nitrogens with one attached hydrogen (secondary N) is 1. The molecule has 1 aliphatic carbocycles. The Balaban J connectivity index is 1.31. The molecule has 0 spiro atoms. The van der Waals surface area contributed by atoms with Gasteiger partial charge in [0.15, 0.2) is 5.96 Å². The van der Waals surface area contributed by atoms with Gasteiger partial charge in [-0.25, -0.2) is 8.78 Å². The molecule has 0 aromatic heterocycles. The number of hydrogen-bond donors (Lipinski definition) is 1. The number of halogens is 2. The number of hydrogen-bond acceptors (Lipinski definition) is 3. The molecule has 3 atom stereocenters. The van der Waals surface area contributed by atoms with Crippen molar-refractivity contribution in [1.29, 1.82) is 0 Å². The molecule has 28 heavy (non-hydrogen) atoms. The number of amides is 1. The van der Waals surface area contributed by atoms with Gasteiger partial charge >= 0.3 is 0 Å². The lowest BCUT2D eigenvalue weighted by atomic mass is 10.1. The van der Waals surface area contributed by atoms with Crippen molar-refractivity contribution in [3.8, 4) is 0 Å². The van der Waals surface area contributed by atoms with Gasteiger partial charge in [0.25, 0.3) is 5.91 Å². The lowest BCUT2D eigenvalue weighted by Crippen LogP contribution is -2.55. The molecular formula is C20H26F2N4O2. The molecular weight excluding hydrogens is 366 g/mol. The van der Waals surface area contributed by atoms with Crippen LogP contribution in [-0.4, -0.2) is 73.6 Å². The Kier molecular flexibility index (Phi) is 5.48. The normalized spacial score (nSPS) is 27.8. The van der Waals surface area contributed by atoms with Crippen molar-refractivity contribution in [2.45, 2.75) is 37.3 Å². The molecule has 1 aromatic carbocycles. The zero-order valence-corrected chi connectivity index (χ0v) is 16.0. The van der Waals surface area contributed by atoms with Crippen LogP contribution >= 0.6 is 0 Å². The van der Waals surface area contributed by atoms with E-state index in [1.54, 1.807) is 7.05 Å². The maximum Gasteiger partial charge on any atom is 0.251 e. The standard InChI is InChI=1S/C20H26F2N4O2/c1-23-20(24-16-12-13(16)18-14(21)4-2-5-15(18)22)26-9-7-25(8-10-26)19(27)17-6-3-11-28-17/h2,4-5,13,16-17H,3,6-12H2,1H3,(H,23,24). The summed E-state index contributed by atoms with van der Waals surface area (Å²) in [5, 5.41) is 3.33. The zero-order chi connectivity index (χ0) is 19.7. The van der Waals surface area contributed by atoms with Gasteiger partial charge in [0.1, 0.15) is 17.7 Å². The smallest absolute Gasteiger partial charge is 0.251 e. The van der Waals surface area contributed by atoms with Gasteiger partial charge < -0.3 is 19.9 Å².